The summed E-state index contributed by atoms with van der Waals surface area (Å²) in [5, 5.41) is 73.4. The van der Waals surface area contributed by atoms with E-state index >= 15 is 0 Å². The van der Waals surface area contributed by atoms with Crippen LogP contribution in [-0.2, 0) is 20.3 Å². The van der Waals surface area contributed by atoms with Gasteiger partial charge in [0.1, 0.15) is 58.4 Å². The molecule has 0 heterocycles. The standard InChI is InChI=1S/C37H44O4.C24H36N2O3.C24H35NO4/c1-24-20-28(34(38)30(22-24)36(3,4)5)26-14-9-11-16-32(26)40-18-13-19-41-33-17-12-10-15-27(33)29-21-25(2)23-31(35(29)39)37(6,7)8;1-13-17(5)23(27)18(6)14(2)21(13)25-9-11-29-12-10-26-22-15(3)19(7)24(28)20(8)16(22)4;1-13-15(3)22(26)16(4)14(2)21(13)25-9-10-28-11-12-29-24-19(7)17(5)23(27)18(6)20(24)8/h9-12,14-17,20-23,38-39H,13,18-19H2,1-8H3;25-28H,9-12H2,1-8H3;25-27H,9-12H2,1-8H3. The normalized spacial score (nSPS) is 11.4. The van der Waals surface area contributed by atoms with E-state index in [2.05, 4.69) is 83.5 Å². The highest BCUT2D eigenvalue weighted by atomic mass is 16.5. The lowest BCUT2D eigenvalue weighted by Gasteiger charge is -2.24. The number of rotatable bonds is 24. The maximum absolute atomic E-state index is 11.2. The number of hydrogen-bond donors (Lipinski definition) is 9. The minimum Gasteiger partial charge on any atom is -0.507 e. The predicted octanol–water partition coefficient (Wildman–Crippen LogP) is 19.7. The molecule has 9 N–H and O–H groups in total. The molecule has 0 saturated heterocycles. The second-order valence-corrected chi connectivity index (χ2v) is 28.7. The Hall–Kier alpha value is -8.72. The van der Waals surface area contributed by atoms with Crippen molar-refractivity contribution in [3.8, 4) is 74.0 Å². The lowest BCUT2D eigenvalue weighted by Crippen LogP contribution is -2.16. The Bertz CT molecular complexity index is 3620. The van der Waals surface area contributed by atoms with Crippen molar-refractivity contribution in [3.05, 3.63) is 184 Å². The summed E-state index contributed by atoms with van der Waals surface area (Å²) in [5.41, 5.74) is 25.8. The smallest absolute Gasteiger partial charge is 0.127 e. The SMILES string of the molecule is Cc1c(C)c(NCCOCCNc2c(C)c(C)c(O)c(C)c2C)c(C)c(C)c1O.Cc1c(C)c(NCCOCCOc2c(C)c(C)c(O)c(C)c2C)c(C)c(C)c1O.Cc1cc(-c2ccccc2OCCCOc2ccccc2-c2cc(C)cc(C(C)(C)C)c2O)c(O)c(C(C)(C)C)c1. The average molecular weight is 1350 g/mol. The van der Waals surface area contributed by atoms with Gasteiger partial charge in [-0.25, -0.2) is 0 Å². The fourth-order valence-corrected chi connectivity index (χ4v) is 12.5. The van der Waals surface area contributed by atoms with Crippen LogP contribution in [0.5, 0.6) is 51.7 Å². The largest absolute Gasteiger partial charge is 0.507 e. The summed E-state index contributed by atoms with van der Waals surface area (Å²) in [7, 11) is 0. The Morgan fingerprint density at radius 2 is 0.576 bits per heavy atom. The first-order valence-corrected chi connectivity index (χ1v) is 34.7. The molecule has 99 heavy (non-hydrogen) atoms. The molecular formula is C85H115N3O11. The Labute approximate surface area is 591 Å². The molecule has 0 aromatic heterocycles. The van der Waals surface area contributed by atoms with Gasteiger partial charge in [-0.1, -0.05) is 90.1 Å². The number of para-hydroxylation sites is 2. The minimum absolute atomic E-state index is 0.183. The van der Waals surface area contributed by atoms with E-state index in [0.29, 0.717) is 107 Å². The quantitative estimate of drug-likeness (QED) is 0.0204. The van der Waals surface area contributed by atoms with Crippen molar-refractivity contribution >= 4 is 17.1 Å². The third-order valence-corrected chi connectivity index (χ3v) is 19.7. The van der Waals surface area contributed by atoms with Gasteiger partial charge in [0, 0.05) is 76.5 Å². The molecule has 0 saturated carbocycles. The second-order valence-electron chi connectivity index (χ2n) is 28.7. The molecule has 8 aromatic rings. The summed E-state index contributed by atoms with van der Waals surface area (Å²) in [4.78, 5) is 0. The van der Waals surface area contributed by atoms with Crippen LogP contribution in [0.4, 0.5) is 17.1 Å². The van der Waals surface area contributed by atoms with Gasteiger partial charge in [-0.2, -0.15) is 0 Å². The number of ether oxygens (including phenoxy) is 5. The number of aryl methyl sites for hydroxylation is 2. The Kier molecular flexibility index (Phi) is 27.5. The van der Waals surface area contributed by atoms with Gasteiger partial charge in [-0.05, 0) is 260 Å². The molecule has 0 aliphatic rings. The number of hydrogen-bond acceptors (Lipinski definition) is 14. The van der Waals surface area contributed by atoms with Gasteiger partial charge in [-0.3, -0.25) is 0 Å². The molecule has 14 nitrogen and oxygen atoms in total. The highest BCUT2D eigenvalue weighted by molar-refractivity contribution is 5.79. The first kappa shape index (κ1) is 79.3. The third-order valence-electron chi connectivity index (χ3n) is 19.7. The van der Waals surface area contributed by atoms with Crippen LogP contribution in [-0.4, -0.2) is 96.5 Å². The van der Waals surface area contributed by atoms with Crippen LogP contribution in [0.1, 0.15) is 159 Å². The molecule has 0 unspecified atom stereocenters. The maximum Gasteiger partial charge on any atom is 0.127 e. The third kappa shape index (κ3) is 19.0. The van der Waals surface area contributed by atoms with E-state index in [9.17, 15) is 30.6 Å². The first-order valence-electron chi connectivity index (χ1n) is 34.7. The molecule has 0 aliphatic heterocycles. The summed E-state index contributed by atoms with van der Waals surface area (Å²) in [5.74, 6) is 4.39. The highest BCUT2D eigenvalue weighted by Gasteiger charge is 2.26. The van der Waals surface area contributed by atoms with Gasteiger partial charge >= 0.3 is 0 Å². The van der Waals surface area contributed by atoms with Crippen LogP contribution in [0, 0.1) is 125 Å². The minimum atomic E-state index is -0.183. The molecule has 0 spiro atoms. The van der Waals surface area contributed by atoms with E-state index in [4.69, 9.17) is 23.7 Å². The topological polar surface area (TPSA) is 204 Å². The highest BCUT2D eigenvalue weighted by Crippen LogP contribution is 2.46. The predicted molar refractivity (Wildman–Crippen MR) is 410 cm³/mol. The molecule has 536 valence electrons. The van der Waals surface area contributed by atoms with Crippen molar-refractivity contribution in [1.82, 2.24) is 0 Å². The fourth-order valence-electron chi connectivity index (χ4n) is 12.5. The van der Waals surface area contributed by atoms with Crippen LogP contribution in [0.3, 0.4) is 0 Å². The van der Waals surface area contributed by atoms with Crippen molar-refractivity contribution in [2.24, 2.45) is 0 Å². The van der Waals surface area contributed by atoms with Crippen molar-refractivity contribution < 1.29 is 54.3 Å². The molecular weight excluding hydrogens is 1240 g/mol. The summed E-state index contributed by atoms with van der Waals surface area (Å²) < 4.78 is 29.9. The summed E-state index contributed by atoms with van der Waals surface area (Å²) in [6, 6.07) is 23.8. The maximum atomic E-state index is 11.2. The van der Waals surface area contributed by atoms with E-state index < -0.39 is 0 Å². The average Bonchev–Trinajstić information content (AvgIpc) is 0.818. The van der Waals surface area contributed by atoms with E-state index in [1.807, 2.05) is 171 Å². The van der Waals surface area contributed by atoms with Gasteiger partial charge in [-0.15, -0.1) is 0 Å². The van der Waals surface area contributed by atoms with E-state index in [1.165, 1.54) is 0 Å². The Morgan fingerprint density at radius 3 is 0.879 bits per heavy atom. The van der Waals surface area contributed by atoms with Gasteiger partial charge in [0.05, 0.1) is 39.6 Å². The lowest BCUT2D eigenvalue weighted by atomic mass is 9.83. The Morgan fingerprint density at radius 1 is 0.293 bits per heavy atom. The number of benzene rings is 8. The summed E-state index contributed by atoms with van der Waals surface area (Å²) in [6.07, 6.45) is 0.669. The van der Waals surface area contributed by atoms with E-state index in [-0.39, 0.29) is 10.8 Å². The van der Waals surface area contributed by atoms with Gasteiger partial charge in [0.15, 0.2) is 0 Å². The number of anilines is 3. The van der Waals surface area contributed by atoms with Crippen LogP contribution >= 0.6 is 0 Å². The van der Waals surface area contributed by atoms with Gasteiger partial charge in [0.2, 0.25) is 0 Å². The molecule has 0 aliphatic carbocycles. The zero-order valence-corrected chi connectivity index (χ0v) is 63.9. The van der Waals surface area contributed by atoms with Crippen molar-refractivity contribution in [3.63, 3.8) is 0 Å². The number of phenols is 6. The molecule has 14 heteroatoms. The molecule has 0 radical (unpaired) electrons. The van der Waals surface area contributed by atoms with Crippen LogP contribution < -0.4 is 30.2 Å². The molecule has 0 atom stereocenters. The number of phenolic OH excluding ortho intramolecular Hbond substituents is 6. The number of nitrogens with one attached hydrogen (secondary N) is 3. The van der Waals surface area contributed by atoms with E-state index in [1.54, 1.807) is 0 Å². The van der Waals surface area contributed by atoms with Crippen molar-refractivity contribution in [2.45, 2.75) is 183 Å². The monoisotopic (exact) mass is 1350 g/mol. The number of aromatic hydroxyl groups is 6. The molecule has 0 amide bonds. The van der Waals surface area contributed by atoms with Gasteiger partial charge in [0.25, 0.3) is 0 Å². The zero-order valence-electron chi connectivity index (χ0n) is 63.9. The molecule has 8 aromatic carbocycles. The van der Waals surface area contributed by atoms with Gasteiger partial charge < -0.3 is 70.3 Å². The van der Waals surface area contributed by atoms with Crippen LogP contribution in [0.15, 0.2) is 72.8 Å². The Balaban J connectivity index is 0.000000240. The molecule has 0 fully saturated rings. The molecule has 0 bridgehead atoms. The zero-order chi connectivity index (χ0) is 73.7. The van der Waals surface area contributed by atoms with Crippen LogP contribution in [0.25, 0.3) is 22.3 Å². The lowest BCUT2D eigenvalue weighted by molar-refractivity contribution is 0.107. The second kappa shape index (κ2) is 34.4. The van der Waals surface area contributed by atoms with Crippen LogP contribution in [0.2, 0.25) is 0 Å². The molecule has 8 rings (SSSR count). The fraction of sp³-hybridized carbons (Fsp3) is 0.435. The first-order chi connectivity index (χ1) is 46.4. The summed E-state index contributed by atoms with van der Waals surface area (Å²) >= 11 is 0. The van der Waals surface area contributed by atoms with Crippen molar-refractivity contribution in [1.29, 1.82) is 0 Å². The summed E-state index contributed by atoms with van der Waals surface area (Å²) in [6.45, 7) is 54.0. The van der Waals surface area contributed by atoms with E-state index in [0.717, 1.165) is 168 Å². The van der Waals surface area contributed by atoms with Crippen molar-refractivity contribution in [2.75, 3.05) is 81.8 Å².